The Morgan fingerprint density at radius 2 is 1.86 bits per heavy atom. The van der Waals surface area contributed by atoms with Crippen LogP contribution in [0.4, 0.5) is 0 Å². The third kappa shape index (κ3) is 1.98. The van der Waals surface area contributed by atoms with Gasteiger partial charge in [-0.3, -0.25) is 4.79 Å². The van der Waals surface area contributed by atoms with Gasteiger partial charge in [0, 0.05) is 18.3 Å². The molecule has 2 N–H and O–H groups in total. The van der Waals surface area contributed by atoms with E-state index in [9.17, 15) is 15.0 Å². The van der Waals surface area contributed by atoms with Gasteiger partial charge < -0.3 is 14.9 Å². The molecule has 0 aliphatic heterocycles. The first kappa shape index (κ1) is 18.2. The molecule has 6 aliphatic rings. The van der Waals surface area contributed by atoms with Gasteiger partial charge in [0.05, 0.1) is 11.7 Å². The summed E-state index contributed by atoms with van der Waals surface area (Å²) in [6, 6.07) is 0. The van der Waals surface area contributed by atoms with E-state index in [-0.39, 0.29) is 29.0 Å². The minimum absolute atomic E-state index is 0.0322. The summed E-state index contributed by atoms with van der Waals surface area (Å²) in [6.07, 6.45) is 7.29. The lowest BCUT2D eigenvalue weighted by Gasteiger charge is -2.64. The Morgan fingerprint density at radius 3 is 2.61 bits per heavy atom. The SMILES string of the molecule is CCC(=O)OC1C2CC2C2C3C4CC4C4(O)CC(O)CCC4(C)C3CCC12C. The van der Waals surface area contributed by atoms with Crippen LogP contribution in [0.1, 0.15) is 72.1 Å². The molecule has 0 bridgehead atoms. The standard InChI is InChI=1S/C24H36O4/c1-4-18(26)28-21-14-9-13(14)20-19-15-10-17(15)24(27)11-12(25)5-8-23(24,3)16(19)6-7-22(20,21)2/h12-17,19-21,25,27H,4-11H2,1-3H3. The zero-order valence-electron chi connectivity index (χ0n) is 17.6. The predicted molar refractivity (Wildman–Crippen MR) is 104 cm³/mol. The molecular weight excluding hydrogens is 352 g/mol. The van der Waals surface area contributed by atoms with Crippen LogP contribution in [0.3, 0.4) is 0 Å². The first-order valence-electron chi connectivity index (χ1n) is 11.8. The van der Waals surface area contributed by atoms with Crippen LogP contribution in [0, 0.1) is 52.3 Å². The molecule has 0 saturated heterocycles. The normalized spacial score (nSPS) is 63.2. The Labute approximate surface area is 168 Å². The second kappa shape index (κ2) is 5.35. The maximum absolute atomic E-state index is 12.1. The Balaban J connectivity index is 1.36. The van der Waals surface area contributed by atoms with Crippen LogP contribution in [0.2, 0.25) is 0 Å². The van der Waals surface area contributed by atoms with Crippen molar-refractivity contribution in [2.75, 3.05) is 0 Å². The van der Waals surface area contributed by atoms with Crippen LogP contribution in [0.15, 0.2) is 0 Å². The molecule has 6 aliphatic carbocycles. The molecule has 6 fully saturated rings. The summed E-state index contributed by atoms with van der Waals surface area (Å²) in [5, 5.41) is 22.2. The lowest BCUT2D eigenvalue weighted by Crippen LogP contribution is -2.64. The van der Waals surface area contributed by atoms with Crippen molar-refractivity contribution in [1.82, 2.24) is 0 Å². The van der Waals surface area contributed by atoms with Gasteiger partial charge in [-0.15, -0.1) is 0 Å². The molecule has 0 radical (unpaired) electrons. The van der Waals surface area contributed by atoms with Gasteiger partial charge in [-0.05, 0) is 85.4 Å². The summed E-state index contributed by atoms with van der Waals surface area (Å²) in [5.41, 5.74) is -0.592. The fourth-order valence-corrected chi connectivity index (χ4v) is 9.51. The molecule has 0 aromatic rings. The first-order valence-corrected chi connectivity index (χ1v) is 11.8. The van der Waals surface area contributed by atoms with Crippen molar-refractivity contribution in [1.29, 1.82) is 0 Å². The molecule has 0 heterocycles. The van der Waals surface area contributed by atoms with E-state index >= 15 is 0 Å². The van der Waals surface area contributed by atoms with Crippen molar-refractivity contribution in [3.63, 3.8) is 0 Å². The highest BCUT2D eigenvalue weighted by Crippen LogP contribution is 2.80. The number of ether oxygens (including phenoxy) is 1. The molecule has 0 aromatic carbocycles. The summed E-state index contributed by atoms with van der Waals surface area (Å²) < 4.78 is 6.06. The van der Waals surface area contributed by atoms with Crippen molar-refractivity contribution in [2.24, 2.45) is 52.3 Å². The molecule has 12 atom stereocenters. The van der Waals surface area contributed by atoms with Crippen molar-refractivity contribution < 1.29 is 19.7 Å². The number of rotatable bonds is 2. The van der Waals surface area contributed by atoms with Gasteiger partial charge >= 0.3 is 5.97 Å². The minimum atomic E-state index is -0.667. The number of hydrogen-bond acceptors (Lipinski definition) is 4. The maximum Gasteiger partial charge on any atom is 0.305 e. The van der Waals surface area contributed by atoms with Crippen LogP contribution >= 0.6 is 0 Å². The van der Waals surface area contributed by atoms with Crippen molar-refractivity contribution in [2.45, 2.75) is 89.9 Å². The average Bonchev–Trinajstić information content (AvgIpc) is 3.55. The Kier molecular flexibility index (Phi) is 3.47. The number of esters is 1. The lowest BCUT2D eigenvalue weighted by molar-refractivity contribution is -0.231. The fraction of sp³-hybridized carbons (Fsp3) is 0.958. The smallest absolute Gasteiger partial charge is 0.305 e. The number of carbonyl (C=O) groups excluding carboxylic acids is 1. The highest BCUT2D eigenvalue weighted by Gasteiger charge is 2.78. The molecule has 4 heteroatoms. The van der Waals surface area contributed by atoms with Gasteiger partial charge in [0.1, 0.15) is 6.10 Å². The molecule has 0 amide bonds. The van der Waals surface area contributed by atoms with E-state index in [1.165, 1.54) is 6.42 Å². The van der Waals surface area contributed by atoms with Crippen molar-refractivity contribution in [3.05, 3.63) is 0 Å². The average molecular weight is 389 g/mol. The van der Waals surface area contributed by atoms with Crippen LogP contribution in [0.5, 0.6) is 0 Å². The van der Waals surface area contributed by atoms with E-state index in [0.29, 0.717) is 48.3 Å². The molecule has 0 spiro atoms. The van der Waals surface area contributed by atoms with Gasteiger partial charge in [-0.25, -0.2) is 0 Å². The molecule has 156 valence electrons. The molecule has 4 nitrogen and oxygen atoms in total. The zero-order chi connectivity index (χ0) is 19.6. The topological polar surface area (TPSA) is 66.8 Å². The van der Waals surface area contributed by atoms with Gasteiger partial charge in [-0.2, -0.15) is 0 Å². The molecular formula is C24H36O4. The maximum atomic E-state index is 12.1. The number of hydrogen-bond donors (Lipinski definition) is 2. The van der Waals surface area contributed by atoms with E-state index in [2.05, 4.69) is 13.8 Å². The summed E-state index contributed by atoms with van der Waals surface area (Å²) in [4.78, 5) is 12.1. The third-order valence-corrected chi connectivity index (χ3v) is 10.9. The largest absolute Gasteiger partial charge is 0.461 e. The summed E-state index contributed by atoms with van der Waals surface area (Å²) in [6.45, 7) is 6.66. The number of aliphatic hydroxyl groups excluding tert-OH is 1. The van der Waals surface area contributed by atoms with E-state index in [1.54, 1.807) is 0 Å². The molecule has 12 unspecified atom stereocenters. The number of aliphatic hydroxyl groups is 2. The summed E-state index contributed by atoms with van der Waals surface area (Å²) >= 11 is 0. The lowest BCUT2D eigenvalue weighted by atomic mass is 9.43. The van der Waals surface area contributed by atoms with Gasteiger partial charge in [0.25, 0.3) is 0 Å². The Morgan fingerprint density at radius 1 is 1.07 bits per heavy atom. The summed E-state index contributed by atoms with van der Waals surface area (Å²) in [7, 11) is 0. The van der Waals surface area contributed by atoms with Crippen LogP contribution < -0.4 is 0 Å². The minimum Gasteiger partial charge on any atom is -0.461 e. The molecule has 6 saturated carbocycles. The van der Waals surface area contributed by atoms with E-state index in [1.807, 2.05) is 6.92 Å². The van der Waals surface area contributed by atoms with Crippen molar-refractivity contribution >= 4 is 5.97 Å². The first-order chi connectivity index (χ1) is 13.2. The van der Waals surface area contributed by atoms with E-state index in [0.717, 1.165) is 38.0 Å². The highest BCUT2D eigenvalue weighted by molar-refractivity contribution is 5.69. The Hall–Kier alpha value is -0.610. The van der Waals surface area contributed by atoms with Crippen molar-refractivity contribution in [3.8, 4) is 0 Å². The van der Waals surface area contributed by atoms with E-state index < -0.39 is 5.60 Å². The predicted octanol–water partition coefficient (Wildman–Crippen LogP) is 3.54. The fourth-order valence-electron chi connectivity index (χ4n) is 9.51. The van der Waals surface area contributed by atoms with Gasteiger partial charge in [-0.1, -0.05) is 20.8 Å². The molecule has 6 rings (SSSR count). The molecule has 28 heavy (non-hydrogen) atoms. The quantitative estimate of drug-likeness (QED) is 0.710. The summed E-state index contributed by atoms with van der Waals surface area (Å²) in [5.74, 6) is 4.20. The second-order valence-electron chi connectivity index (χ2n) is 11.8. The van der Waals surface area contributed by atoms with E-state index in [4.69, 9.17) is 4.74 Å². The van der Waals surface area contributed by atoms with Crippen LogP contribution in [-0.2, 0) is 9.53 Å². The third-order valence-electron chi connectivity index (χ3n) is 10.9. The van der Waals surface area contributed by atoms with Crippen LogP contribution in [0.25, 0.3) is 0 Å². The van der Waals surface area contributed by atoms with Gasteiger partial charge in [0.2, 0.25) is 0 Å². The highest BCUT2D eigenvalue weighted by atomic mass is 16.5. The molecule has 0 aromatic heterocycles. The number of carbonyl (C=O) groups is 1. The number of fused-ring (bicyclic) bond motifs is 10. The zero-order valence-corrected chi connectivity index (χ0v) is 17.6. The second-order valence-corrected chi connectivity index (χ2v) is 11.8. The van der Waals surface area contributed by atoms with Crippen LogP contribution in [-0.4, -0.2) is 34.0 Å². The Bertz CT molecular complexity index is 721. The monoisotopic (exact) mass is 388 g/mol. The van der Waals surface area contributed by atoms with Gasteiger partial charge in [0.15, 0.2) is 0 Å².